The monoisotopic (exact) mass is 276 g/mol. The lowest BCUT2D eigenvalue weighted by Gasteiger charge is -2.18. The normalized spacial score (nSPS) is 10.2. The molecule has 1 amide bonds. The molecule has 0 heterocycles. The van der Waals surface area contributed by atoms with Crippen molar-refractivity contribution in [3.05, 3.63) is 53.1 Å². The Hall–Kier alpha value is -2.20. The van der Waals surface area contributed by atoms with E-state index < -0.39 is 0 Å². The van der Waals surface area contributed by atoms with Gasteiger partial charge in [0.05, 0.1) is 5.56 Å². The molecule has 2 aromatic carbocycles. The highest BCUT2D eigenvalue weighted by Gasteiger charge is 2.17. The first-order chi connectivity index (χ1) is 8.99. The third-order valence-corrected chi connectivity index (χ3v) is 3.01. The van der Waals surface area contributed by atoms with Gasteiger partial charge >= 0.3 is 0 Å². The number of carbonyl (C=O) groups excluding carboxylic acids is 1. The molecule has 5 heteroatoms. The van der Waals surface area contributed by atoms with Crippen molar-refractivity contribution >= 4 is 28.9 Å². The van der Waals surface area contributed by atoms with Gasteiger partial charge in [0.25, 0.3) is 5.91 Å². The zero-order chi connectivity index (χ0) is 14.0. The van der Waals surface area contributed by atoms with Crippen LogP contribution in [0.25, 0.3) is 0 Å². The number of phenolic OH excluding ortho intramolecular Hbond substituents is 1. The van der Waals surface area contributed by atoms with Crippen LogP contribution >= 0.6 is 11.6 Å². The van der Waals surface area contributed by atoms with Crippen molar-refractivity contribution in [2.45, 2.75) is 0 Å². The van der Waals surface area contributed by atoms with E-state index in [-0.39, 0.29) is 17.2 Å². The second-order valence-electron chi connectivity index (χ2n) is 4.12. The molecule has 0 unspecified atom stereocenters. The second kappa shape index (κ2) is 5.20. The van der Waals surface area contributed by atoms with Gasteiger partial charge in [0.15, 0.2) is 0 Å². The van der Waals surface area contributed by atoms with Crippen LogP contribution in [0, 0.1) is 0 Å². The maximum atomic E-state index is 12.3. The van der Waals surface area contributed by atoms with Gasteiger partial charge in [0.1, 0.15) is 5.75 Å². The molecule has 0 radical (unpaired) electrons. The molecule has 3 N–H and O–H groups in total. The number of benzene rings is 2. The third kappa shape index (κ3) is 2.80. The number of nitrogens with two attached hydrogens (primary N) is 1. The predicted molar refractivity (Wildman–Crippen MR) is 76.7 cm³/mol. The zero-order valence-corrected chi connectivity index (χ0v) is 11.1. The Morgan fingerprint density at radius 1 is 1.21 bits per heavy atom. The smallest absolute Gasteiger partial charge is 0.261 e. The predicted octanol–water partition coefficient (Wildman–Crippen LogP) is 2.90. The number of nitrogens with zero attached hydrogens (tertiary/aromatic N) is 1. The summed E-state index contributed by atoms with van der Waals surface area (Å²) in [7, 11) is 1.62. The highest BCUT2D eigenvalue weighted by Crippen LogP contribution is 2.25. The lowest BCUT2D eigenvalue weighted by Crippen LogP contribution is -2.26. The lowest BCUT2D eigenvalue weighted by atomic mass is 10.1. The summed E-state index contributed by atoms with van der Waals surface area (Å²) in [5, 5.41) is 10.1. The van der Waals surface area contributed by atoms with Crippen LogP contribution in [-0.2, 0) is 0 Å². The van der Waals surface area contributed by atoms with Crippen LogP contribution in [0.4, 0.5) is 11.4 Å². The van der Waals surface area contributed by atoms with E-state index in [9.17, 15) is 9.90 Å². The van der Waals surface area contributed by atoms with Gasteiger partial charge in [-0.25, -0.2) is 0 Å². The Morgan fingerprint density at radius 2 is 1.84 bits per heavy atom. The number of halogens is 1. The molecule has 0 aliphatic carbocycles. The highest BCUT2D eigenvalue weighted by atomic mass is 35.5. The molecule has 0 bridgehead atoms. The average Bonchev–Trinajstić information content (AvgIpc) is 2.41. The van der Waals surface area contributed by atoms with E-state index in [1.165, 1.54) is 23.1 Å². The fourth-order valence-corrected chi connectivity index (χ4v) is 1.85. The molecule has 0 saturated heterocycles. The SMILES string of the molecule is CN(C(=O)c1cc(Cl)ccc1O)c1ccc(N)cc1. The van der Waals surface area contributed by atoms with Gasteiger partial charge in [0, 0.05) is 23.4 Å². The first kappa shape index (κ1) is 13.2. The summed E-state index contributed by atoms with van der Waals surface area (Å²) in [6, 6.07) is 11.2. The van der Waals surface area contributed by atoms with Crippen LogP contribution in [0.5, 0.6) is 5.75 Å². The summed E-state index contributed by atoms with van der Waals surface area (Å²) in [4.78, 5) is 13.7. The number of hydrogen-bond acceptors (Lipinski definition) is 3. The summed E-state index contributed by atoms with van der Waals surface area (Å²) in [6.45, 7) is 0. The number of aromatic hydroxyl groups is 1. The molecule has 0 saturated carbocycles. The van der Waals surface area contributed by atoms with Gasteiger partial charge in [-0.3, -0.25) is 4.79 Å². The molecule has 0 aliphatic rings. The van der Waals surface area contributed by atoms with Crippen molar-refractivity contribution in [1.29, 1.82) is 0 Å². The van der Waals surface area contributed by atoms with Crippen LogP contribution in [-0.4, -0.2) is 18.1 Å². The second-order valence-corrected chi connectivity index (χ2v) is 4.55. The minimum atomic E-state index is -0.343. The van der Waals surface area contributed by atoms with Crippen molar-refractivity contribution in [3.63, 3.8) is 0 Å². The van der Waals surface area contributed by atoms with Gasteiger partial charge in [-0.1, -0.05) is 11.6 Å². The van der Waals surface area contributed by atoms with Crippen molar-refractivity contribution in [1.82, 2.24) is 0 Å². The van der Waals surface area contributed by atoms with Crippen molar-refractivity contribution in [2.24, 2.45) is 0 Å². The van der Waals surface area contributed by atoms with E-state index in [1.54, 1.807) is 31.3 Å². The van der Waals surface area contributed by atoms with Crippen LogP contribution in [0.3, 0.4) is 0 Å². The van der Waals surface area contributed by atoms with E-state index >= 15 is 0 Å². The average molecular weight is 277 g/mol. The largest absolute Gasteiger partial charge is 0.507 e. The van der Waals surface area contributed by atoms with Crippen molar-refractivity contribution in [3.8, 4) is 5.75 Å². The molecule has 0 atom stereocenters. The number of carbonyl (C=O) groups is 1. The van der Waals surface area contributed by atoms with E-state index in [4.69, 9.17) is 17.3 Å². The maximum absolute atomic E-state index is 12.3. The highest BCUT2D eigenvalue weighted by molar-refractivity contribution is 6.31. The first-order valence-electron chi connectivity index (χ1n) is 5.61. The number of nitrogen functional groups attached to an aromatic ring is 1. The Kier molecular flexibility index (Phi) is 3.62. The number of anilines is 2. The summed E-state index contributed by atoms with van der Waals surface area (Å²) < 4.78 is 0. The molecule has 2 aromatic rings. The number of rotatable bonds is 2. The van der Waals surface area contributed by atoms with Gasteiger partial charge in [0.2, 0.25) is 0 Å². The lowest BCUT2D eigenvalue weighted by molar-refractivity contribution is 0.0990. The van der Waals surface area contributed by atoms with Crippen molar-refractivity contribution < 1.29 is 9.90 Å². The zero-order valence-electron chi connectivity index (χ0n) is 10.3. The molecular formula is C14H13ClN2O2. The Labute approximate surface area is 116 Å². The van der Waals surface area contributed by atoms with E-state index in [0.29, 0.717) is 16.4 Å². The molecule has 4 nitrogen and oxygen atoms in total. The number of amides is 1. The standard InChI is InChI=1S/C14H13ClN2O2/c1-17(11-5-3-10(16)4-6-11)14(19)12-8-9(15)2-7-13(12)18/h2-8,18H,16H2,1H3. The van der Waals surface area contributed by atoms with Crippen LogP contribution in [0.2, 0.25) is 5.02 Å². The Morgan fingerprint density at radius 3 is 2.47 bits per heavy atom. The Balaban J connectivity index is 2.33. The quantitative estimate of drug-likeness (QED) is 0.829. The van der Waals surface area contributed by atoms with E-state index in [1.807, 2.05) is 0 Å². The molecule has 19 heavy (non-hydrogen) atoms. The Bertz CT molecular complexity index is 611. The fourth-order valence-electron chi connectivity index (χ4n) is 1.68. The number of hydrogen-bond donors (Lipinski definition) is 2. The van der Waals surface area contributed by atoms with Gasteiger partial charge in [-0.15, -0.1) is 0 Å². The summed E-state index contributed by atoms with van der Waals surface area (Å²) in [5.41, 5.74) is 7.06. The van der Waals surface area contributed by atoms with Crippen LogP contribution in [0.1, 0.15) is 10.4 Å². The molecule has 0 aliphatic heterocycles. The van der Waals surface area contributed by atoms with Gasteiger partial charge in [-0.2, -0.15) is 0 Å². The van der Waals surface area contributed by atoms with Crippen LogP contribution in [0.15, 0.2) is 42.5 Å². The minimum absolute atomic E-state index is 0.100. The minimum Gasteiger partial charge on any atom is -0.507 e. The van der Waals surface area contributed by atoms with Crippen molar-refractivity contribution in [2.75, 3.05) is 17.7 Å². The van der Waals surface area contributed by atoms with Gasteiger partial charge in [-0.05, 0) is 42.5 Å². The maximum Gasteiger partial charge on any atom is 0.261 e. The first-order valence-corrected chi connectivity index (χ1v) is 5.99. The molecule has 2 rings (SSSR count). The summed E-state index contributed by atoms with van der Waals surface area (Å²) in [6.07, 6.45) is 0. The summed E-state index contributed by atoms with van der Waals surface area (Å²) >= 11 is 5.83. The van der Waals surface area contributed by atoms with Crippen LogP contribution < -0.4 is 10.6 Å². The van der Waals surface area contributed by atoms with E-state index in [2.05, 4.69) is 0 Å². The fraction of sp³-hybridized carbons (Fsp3) is 0.0714. The molecule has 0 fully saturated rings. The van der Waals surface area contributed by atoms with Gasteiger partial charge < -0.3 is 15.7 Å². The van der Waals surface area contributed by atoms with E-state index in [0.717, 1.165) is 0 Å². The molecule has 98 valence electrons. The topological polar surface area (TPSA) is 66.6 Å². The molecule has 0 aromatic heterocycles. The number of phenols is 1. The molecule has 0 spiro atoms. The third-order valence-electron chi connectivity index (χ3n) is 2.77. The summed E-state index contributed by atoms with van der Waals surface area (Å²) in [5.74, 6) is -0.443. The molecular weight excluding hydrogens is 264 g/mol.